The summed E-state index contributed by atoms with van der Waals surface area (Å²) in [5, 5.41) is 3.23. The molecule has 1 saturated carbocycles. The third-order valence-electron chi connectivity index (χ3n) is 5.92. The zero-order chi connectivity index (χ0) is 21.8. The molecular formula is C25H28FN3O2. The van der Waals surface area contributed by atoms with Crippen LogP contribution in [0.4, 0.5) is 4.39 Å². The number of hydrogen-bond donors (Lipinski definition) is 1. The van der Waals surface area contributed by atoms with Crippen LogP contribution >= 0.6 is 0 Å². The summed E-state index contributed by atoms with van der Waals surface area (Å²) in [6.07, 6.45) is 6.99. The number of aromatic nitrogens is 2. The van der Waals surface area contributed by atoms with Gasteiger partial charge in [-0.3, -0.25) is 14.9 Å². The summed E-state index contributed by atoms with van der Waals surface area (Å²) in [6.45, 7) is 1.91. The average Bonchev–Trinajstić information content (AvgIpc) is 2.94. The van der Waals surface area contributed by atoms with Gasteiger partial charge in [0.25, 0.3) is 5.56 Å². The Bertz CT molecular complexity index is 1100. The molecule has 2 aromatic carbocycles. The van der Waals surface area contributed by atoms with Gasteiger partial charge in [-0.1, -0.05) is 25.7 Å². The van der Waals surface area contributed by atoms with Crippen molar-refractivity contribution in [1.29, 1.82) is 0 Å². The minimum Gasteiger partial charge on any atom is -0.497 e. The van der Waals surface area contributed by atoms with Crippen molar-refractivity contribution in [3.8, 4) is 22.7 Å². The number of nitrogens with one attached hydrogen (secondary N) is 1. The Morgan fingerprint density at radius 3 is 2.29 bits per heavy atom. The predicted molar refractivity (Wildman–Crippen MR) is 122 cm³/mol. The first kappa shape index (κ1) is 21.1. The molecule has 3 aromatic rings. The van der Waals surface area contributed by atoms with Gasteiger partial charge in [-0.05, 0) is 68.3 Å². The molecule has 0 saturated heterocycles. The number of methoxy groups -OCH3 is 1. The third-order valence-corrected chi connectivity index (χ3v) is 5.92. The van der Waals surface area contributed by atoms with Gasteiger partial charge in [0.2, 0.25) is 0 Å². The van der Waals surface area contributed by atoms with E-state index in [1.54, 1.807) is 19.2 Å². The second kappa shape index (κ2) is 9.33. The third kappa shape index (κ3) is 4.63. The fourth-order valence-corrected chi connectivity index (χ4v) is 4.24. The maximum Gasteiger partial charge on any atom is 0.280 e. The van der Waals surface area contributed by atoms with Gasteiger partial charge in [-0.15, -0.1) is 0 Å². The number of nitrogens with zero attached hydrogens (tertiary/aromatic N) is 2. The van der Waals surface area contributed by atoms with E-state index in [2.05, 4.69) is 5.10 Å². The van der Waals surface area contributed by atoms with E-state index in [-0.39, 0.29) is 17.4 Å². The molecule has 4 rings (SSSR count). The Hall–Kier alpha value is -3.15. The van der Waals surface area contributed by atoms with Crippen LogP contribution < -0.4 is 10.3 Å². The van der Waals surface area contributed by atoms with E-state index in [0.29, 0.717) is 16.9 Å². The summed E-state index contributed by atoms with van der Waals surface area (Å²) >= 11 is 0. The number of rotatable bonds is 5. The molecule has 1 N–H and O–H groups in total. The van der Waals surface area contributed by atoms with E-state index in [1.807, 2.05) is 31.2 Å². The highest BCUT2D eigenvalue weighted by molar-refractivity contribution is 6.03. The van der Waals surface area contributed by atoms with Gasteiger partial charge < -0.3 is 4.74 Å². The van der Waals surface area contributed by atoms with Crippen molar-refractivity contribution in [3.63, 3.8) is 0 Å². The lowest BCUT2D eigenvalue weighted by Crippen LogP contribution is -2.20. The van der Waals surface area contributed by atoms with Crippen molar-refractivity contribution in [1.82, 2.24) is 9.78 Å². The van der Waals surface area contributed by atoms with Crippen LogP contribution in [0.25, 0.3) is 16.9 Å². The Balaban J connectivity index is 1.82. The fraction of sp³-hybridized carbons (Fsp3) is 0.360. The van der Waals surface area contributed by atoms with Crippen LogP contribution in [0.1, 0.15) is 51.0 Å². The molecule has 1 aromatic heterocycles. The topological polar surface area (TPSA) is 59.4 Å². The van der Waals surface area contributed by atoms with Crippen molar-refractivity contribution in [2.45, 2.75) is 51.5 Å². The first-order valence-electron chi connectivity index (χ1n) is 10.9. The Labute approximate surface area is 181 Å². The van der Waals surface area contributed by atoms with E-state index >= 15 is 0 Å². The van der Waals surface area contributed by atoms with Gasteiger partial charge in [0.1, 0.15) is 11.6 Å². The van der Waals surface area contributed by atoms with Crippen LogP contribution in [0.3, 0.4) is 0 Å². The standard InChI is InChI=1S/C25H28FN3O2/c1-17(27-20-7-5-3-4-6-8-20)23-24(18-9-15-22(31-2)16-10-18)28-29(25(23)30)21-13-11-19(26)12-14-21/h9-16,20,28H,3-8H2,1-2H3. The van der Waals surface area contributed by atoms with Crippen molar-refractivity contribution in [2.24, 2.45) is 4.99 Å². The molecule has 0 aliphatic heterocycles. The second-order valence-corrected chi connectivity index (χ2v) is 8.07. The number of benzene rings is 2. The lowest BCUT2D eigenvalue weighted by Gasteiger charge is -2.10. The Morgan fingerprint density at radius 2 is 1.68 bits per heavy atom. The van der Waals surface area contributed by atoms with Gasteiger partial charge in [0, 0.05) is 11.3 Å². The van der Waals surface area contributed by atoms with Gasteiger partial charge in [-0.2, -0.15) is 0 Å². The lowest BCUT2D eigenvalue weighted by atomic mass is 10.0. The highest BCUT2D eigenvalue weighted by Crippen LogP contribution is 2.26. The first-order chi connectivity index (χ1) is 15.1. The van der Waals surface area contributed by atoms with Crippen LogP contribution in [0.15, 0.2) is 58.3 Å². The lowest BCUT2D eigenvalue weighted by molar-refractivity contribution is 0.415. The molecule has 1 heterocycles. The molecule has 31 heavy (non-hydrogen) atoms. The van der Waals surface area contributed by atoms with Crippen LogP contribution in [-0.2, 0) is 0 Å². The van der Waals surface area contributed by atoms with Crippen molar-refractivity contribution < 1.29 is 9.13 Å². The van der Waals surface area contributed by atoms with Crippen molar-refractivity contribution in [2.75, 3.05) is 7.11 Å². The smallest absolute Gasteiger partial charge is 0.280 e. The Morgan fingerprint density at radius 1 is 1.03 bits per heavy atom. The number of aliphatic imine (C=N–C) groups is 1. The summed E-state index contributed by atoms with van der Waals surface area (Å²) < 4.78 is 20.1. The number of halogens is 1. The van der Waals surface area contributed by atoms with Gasteiger partial charge in [-0.25, -0.2) is 9.07 Å². The molecule has 1 fully saturated rings. The van der Waals surface area contributed by atoms with E-state index in [0.717, 1.165) is 29.9 Å². The SMILES string of the molecule is COc1ccc(-c2[nH]n(-c3ccc(F)cc3)c(=O)c2C(C)=NC2CCCCCC2)cc1. The molecule has 0 radical (unpaired) electrons. The number of hydrogen-bond acceptors (Lipinski definition) is 3. The van der Waals surface area contributed by atoms with E-state index in [1.165, 1.54) is 42.5 Å². The molecule has 5 nitrogen and oxygen atoms in total. The van der Waals surface area contributed by atoms with Crippen LogP contribution in [0, 0.1) is 5.82 Å². The molecule has 0 bridgehead atoms. The zero-order valence-corrected chi connectivity index (χ0v) is 18.0. The average molecular weight is 422 g/mol. The van der Waals surface area contributed by atoms with Crippen LogP contribution in [-0.4, -0.2) is 28.6 Å². The van der Waals surface area contributed by atoms with E-state index in [9.17, 15) is 9.18 Å². The maximum atomic E-state index is 13.5. The van der Waals surface area contributed by atoms with Crippen LogP contribution in [0.5, 0.6) is 5.75 Å². The minimum absolute atomic E-state index is 0.188. The minimum atomic E-state index is -0.343. The Kier molecular flexibility index (Phi) is 6.35. The monoisotopic (exact) mass is 421 g/mol. The summed E-state index contributed by atoms with van der Waals surface area (Å²) in [5.41, 5.74) is 3.25. The highest BCUT2D eigenvalue weighted by atomic mass is 19.1. The summed E-state index contributed by atoms with van der Waals surface area (Å²) in [7, 11) is 1.62. The summed E-state index contributed by atoms with van der Waals surface area (Å²) in [6, 6.07) is 13.7. The second-order valence-electron chi connectivity index (χ2n) is 8.07. The largest absolute Gasteiger partial charge is 0.497 e. The quantitative estimate of drug-likeness (QED) is 0.436. The normalized spacial score (nSPS) is 15.6. The van der Waals surface area contributed by atoms with Gasteiger partial charge >= 0.3 is 0 Å². The maximum absolute atomic E-state index is 13.5. The number of aromatic amines is 1. The van der Waals surface area contributed by atoms with E-state index in [4.69, 9.17) is 9.73 Å². The van der Waals surface area contributed by atoms with Gasteiger partial charge in [0.15, 0.2) is 0 Å². The molecule has 1 aliphatic carbocycles. The van der Waals surface area contributed by atoms with E-state index < -0.39 is 0 Å². The summed E-state index contributed by atoms with van der Waals surface area (Å²) in [5.74, 6) is 0.402. The fourth-order valence-electron chi connectivity index (χ4n) is 4.24. The highest BCUT2D eigenvalue weighted by Gasteiger charge is 2.21. The molecule has 0 spiro atoms. The summed E-state index contributed by atoms with van der Waals surface area (Å²) in [4.78, 5) is 18.4. The van der Waals surface area contributed by atoms with Gasteiger partial charge in [0.05, 0.1) is 30.1 Å². The predicted octanol–water partition coefficient (Wildman–Crippen LogP) is 5.51. The van der Waals surface area contributed by atoms with Crippen molar-refractivity contribution >= 4 is 5.71 Å². The number of H-pyrrole nitrogens is 1. The van der Waals surface area contributed by atoms with Crippen molar-refractivity contribution in [3.05, 3.63) is 70.3 Å². The first-order valence-corrected chi connectivity index (χ1v) is 10.9. The van der Waals surface area contributed by atoms with Crippen LogP contribution in [0.2, 0.25) is 0 Å². The molecule has 0 atom stereocenters. The molecular weight excluding hydrogens is 393 g/mol. The zero-order valence-electron chi connectivity index (χ0n) is 18.0. The molecule has 0 amide bonds. The molecule has 0 unspecified atom stereocenters. The molecule has 162 valence electrons. The number of ether oxygens (including phenoxy) is 1. The molecule has 1 aliphatic rings. The molecule has 6 heteroatoms.